The van der Waals surface area contributed by atoms with Gasteiger partial charge in [-0.1, -0.05) is 0 Å². The molecule has 2 N–H and O–H groups in total. The van der Waals surface area contributed by atoms with Gasteiger partial charge in [0.1, 0.15) is 6.07 Å². The topological polar surface area (TPSA) is 77.8 Å². The van der Waals surface area contributed by atoms with Crippen LogP contribution in [0.4, 0.5) is 5.69 Å². The first kappa shape index (κ1) is 16.0. The third-order valence-corrected chi connectivity index (χ3v) is 2.62. The molecule has 0 atom stereocenters. The smallest absolute Gasteiger partial charge is 0.222 e. The van der Waals surface area contributed by atoms with Gasteiger partial charge in [-0.15, -0.1) is 0 Å². The second-order valence-electron chi connectivity index (χ2n) is 5.86. The van der Waals surface area contributed by atoms with Crippen molar-refractivity contribution in [3.8, 4) is 6.07 Å². The van der Waals surface area contributed by atoms with Crippen LogP contribution in [0.5, 0.6) is 0 Å². The van der Waals surface area contributed by atoms with E-state index >= 15 is 0 Å². The molecule has 0 saturated carbocycles. The van der Waals surface area contributed by atoms with Crippen LogP contribution in [0, 0.1) is 25.2 Å². The molecule has 1 aromatic rings. The third-order valence-electron chi connectivity index (χ3n) is 2.62. The second kappa shape index (κ2) is 6.38. The standard InChI is InChI=1S/C15H22N4O/c1-10-8-13(12(9-16)11(2)18-10)17-7-6-14(20)19-15(3,4)5/h8H,6-7H2,1-5H3,(H,17,18)(H,19,20). The van der Waals surface area contributed by atoms with Crippen LogP contribution in [0.25, 0.3) is 0 Å². The van der Waals surface area contributed by atoms with Gasteiger partial charge in [-0.3, -0.25) is 9.78 Å². The zero-order chi connectivity index (χ0) is 15.3. The molecule has 0 aliphatic heterocycles. The molecule has 5 heteroatoms. The van der Waals surface area contributed by atoms with Crippen molar-refractivity contribution < 1.29 is 4.79 Å². The summed E-state index contributed by atoms with van der Waals surface area (Å²) >= 11 is 0. The monoisotopic (exact) mass is 274 g/mol. The molecule has 1 rings (SSSR count). The normalized spacial score (nSPS) is 10.8. The lowest BCUT2D eigenvalue weighted by Crippen LogP contribution is -2.41. The first-order valence-electron chi connectivity index (χ1n) is 6.66. The Morgan fingerprint density at radius 1 is 1.40 bits per heavy atom. The summed E-state index contributed by atoms with van der Waals surface area (Å²) in [7, 11) is 0. The summed E-state index contributed by atoms with van der Waals surface area (Å²) in [5.41, 5.74) is 2.60. The van der Waals surface area contributed by atoms with Crippen molar-refractivity contribution in [2.24, 2.45) is 0 Å². The maximum Gasteiger partial charge on any atom is 0.222 e. The van der Waals surface area contributed by atoms with E-state index in [0.29, 0.717) is 24.2 Å². The number of nitrogens with one attached hydrogen (secondary N) is 2. The summed E-state index contributed by atoms with van der Waals surface area (Å²) in [6.07, 6.45) is 0.364. The van der Waals surface area contributed by atoms with Crippen molar-refractivity contribution in [3.63, 3.8) is 0 Å². The van der Waals surface area contributed by atoms with E-state index in [9.17, 15) is 4.79 Å². The van der Waals surface area contributed by atoms with Crippen molar-refractivity contribution in [2.45, 2.75) is 46.6 Å². The lowest BCUT2D eigenvalue weighted by Gasteiger charge is -2.20. The molecular formula is C15H22N4O. The molecular weight excluding hydrogens is 252 g/mol. The van der Waals surface area contributed by atoms with Crippen LogP contribution in [-0.4, -0.2) is 23.0 Å². The Bertz CT molecular complexity index is 538. The molecule has 20 heavy (non-hydrogen) atoms. The van der Waals surface area contributed by atoms with Gasteiger partial charge in [0.05, 0.1) is 16.9 Å². The molecule has 0 aliphatic carbocycles. The molecule has 1 amide bonds. The van der Waals surface area contributed by atoms with Gasteiger partial charge >= 0.3 is 0 Å². The van der Waals surface area contributed by atoms with E-state index in [2.05, 4.69) is 21.7 Å². The van der Waals surface area contributed by atoms with Crippen LogP contribution in [0.3, 0.4) is 0 Å². The highest BCUT2D eigenvalue weighted by atomic mass is 16.1. The number of amides is 1. The van der Waals surface area contributed by atoms with E-state index in [1.165, 1.54) is 0 Å². The van der Waals surface area contributed by atoms with Crippen LogP contribution < -0.4 is 10.6 Å². The van der Waals surface area contributed by atoms with E-state index in [1.54, 1.807) is 0 Å². The zero-order valence-corrected chi connectivity index (χ0v) is 12.8. The first-order chi connectivity index (χ1) is 9.23. The van der Waals surface area contributed by atoms with Gasteiger partial charge < -0.3 is 10.6 Å². The molecule has 0 fully saturated rings. The van der Waals surface area contributed by atoms with Crippen LogP contribution in [0.15, 0.2) is 6.07 Å². The zero-order valence-electron chi connectivity index (χ0n) is 12.8. The molecule has 1 heterocycles. The van der Waals surface area contributed by atoms with E-state index < -0.39 is 0 Å². The summed E-state index contributed by atoms with van der Waals surface area (Å²) in [6, 6.07) is 3.97. The molecule has 0 aromatic carbocycles. The lowest BCUT2D eigenvalue weighted by atomic mass is 10.1. The third kappa shape index (κ3) is 4.88. The number of carbonyl (C=O) groups excluding carboxylic acids is 1. The SMILES string of the molecule is Cc1cc(NCCC(=O)NC(C)(C)C)c(C#N)c(C)n1. The number of nitrogens with zero attached hydrogens (tertiary/aromatic N) is 2. The van der Waals surface area contributed by atoms with E-state index in [1.807, 2.05) is 40.7 Å². The van der Waals surface area contributed by atoms with Crippen molar-refractivity contribution in [1.29, 1.82) is 5.26 Å². The number of nitriles is 1. The highest BCUT2D eigenvalue weighted by Crippen LogP contribution is 2.18. The highest BCUT2D eigenvalue weighted by molar-refractivity contribution is 5.77. The maximum absolute atomic E-state index is 11.7. The number of aryl methyl sites for hydroxylation is 2. The van der Waals surface area contributed by atoms with Crippen molar-refractivity contribution >= 4 is 11.6 Å². The Labute approximate surface area is 120 Å². The first-order valence-corrected chi connectivity index (χ1v) is 6.66. The average molecular weight is 274 g/mol. The van der Waals surface area contributed by atoms with Crippen LogP contribution in [0.1, 0.15) is 44.1 Å². The van der Waals surface area contributed by atoms with E-state index in [4.69, 9.17) is 5.26 Å². The van der Waals surface area contributed by atoms with E-state index in [-0.39, 0.29) is 11.4 Å². The van der Waals surface area contributed by atoms with Crippen molar-refractivity contribution in [1.82, 2.24) is 10.3 Å². The van der Waals surface area contributed by atoms with Gasteiger partial charge in [0, 0.05) is 24.2 Å². The van der Waals surface area contributed by atoms with Crippen molar-refractivity contribution in [3.05, 3.63) is 23.0 Å². The van der Waals surface area contributed by atoms with E-state index in [0.717, 1.165) is 11.4 Å². The maximum atomic E-state index is 11.7. The fraction of sp³-hybridized carbons (Fsp3) is 0.533. The quantitative estimate of drug-likeness (QED) is 0.883. The fourth-order valence-corrected chi connectivity index (χ4v) is 1.90. The Kier molecular flexibility index (Phi) is 5.09. The number of aromatic nitrogens is 1. The van der Waals surface area contributed by atoms with Gasteiger partial charge in [-0.05, 0) is 40.7 Å². The lowest BCUT2D eigenvalue weighted by molar-refractivity contribution is -0.122. The Morgan fingerprint density at radius 3 is 2.60 bits per heavy atom. The number of hydrogen-bond donors (Lipinski definition) is 2. The molecule has 0 unspecified atom stereocenters. The molecule has 0 radical (unpaired) electrons. The Hall–Kier alpha value is -2.09. The van der Waals surface area contributed by atoms with Crippen LogP contribution >= 0.6 is 0 Å². The molecule has 0 spiro atoms. The van der Waals surface area contributed by atoms with Crippen LogP contribution in [0.2, 0.25) is 0 Å². The minimum Gasteiger partial charge on any atom is -0.383 e. The largest absolute Gasteiger partial charge is 0.383 e. The van der Waals surface area contributed by atoms with Crippen LogP contribution in [-0.2, 0) is 4.79 Å². The van der Waals surface area contributed by atoms with Crippen molar-refractivity contribution in [2.75, 3.05) is 11.9 Å². The Morgan fingerprint density at radius 2 is 2.05 bits per heavy atom. The van der Waals surface area contributed by atoms with Gasteiger partial charge in [0.15, 0.2) is 0 Å². The number of hydrogen-bond acceptors (Lipinski definition) is 4. The summed E-state index contributed by atoms with van der Waals surface area (Å²) in [5, 5.41) is 15.2. The fourth-order valence-electron chi connectivity index (χ4n) is 1.90. The molecule has 5 nitrogen and oxygen atoms in total. The van der Waals surface area contributed by atoms with Gasteiger partial charge in [-0.25, -0.2) is 0 Å². The molecule has 0 aliphatic rings. The van der Waals surface area contributed by atoms with Gasteiger partial charge in [0.2, 0.25) is 5.91 Å². The molecule has 1 aromatic heterocycles. The predicted octanol–water partition coefficient (Wildman–Crippen LogP) is 2.29. The van der Waals surface area contributed by atoms with Gasteiger partial charge in [-0.2, -0.15) is 5.26 Å². The molecule has 0 saturated heterocycles. The minimum absolute atomic E-state index is 0.00833. The number of pyridine rings is 1. The summed E-state index contributed by atoms with van der Waals surface area (Å²) < 4.78 is 0. The summed E-state index contributed by atoms with van der Waals surface area (Å²) in [6.45, 7) is 10.0. The minimum atomic E-state index is -0.223. The number of rotatable bonds is 4. The molecule has 0 bridgehead atoms. The highest BCUT2D eigenvalue weighted by Gasteiger charge is 2.13. The number of anilines is 1. The van der Waals surface area contributed by atoms with Gasteiger partial charge in [0.25, 0.3) is 0 Å². The summed E-state index contributed by atoms with van der Waals surface area (Å²) in [5.74, 6) is -0.00833. The Balaban J connectivity index is 2.63. The molecule has 108 valence electrons. The number of carbonyl (C=O) groups is 1. The summed E-state index contributed by atoms with van der Waals surface area (Å²) in [4.78, 5) is 16.0. The average Bonchev–Trinajstić information content (AvgIpc) is 2.25. The predicted molar refractivity (Wildman–Crippen MR) is 79.4 cm³/mol. The second-order valence-corrected chi connectivity index (χ2v) is 5.86.